The second-order valence-electron chi connectivity index (χ2n) is 8.88. The molecule has 0 heterocycles. The molecule has 0 spiro atoms. The van der Waals surface area contributed by atoms with E-state index in [4.69, 9.17) is 9.84 Å². The number of ether oxygens (including phenoxy) is 1. The number of Topliss-reactive ketones (excluding diaryl/α,β-unsaturated/α-hetero) is 1. The first-order chi connectivity index (χ1) is 15.7. The van der Waals surface area contributed by atoms with Crippen molar-refractivity contribution >= 4 is 17.7 Å². The van der Waals surface area contributed by atoms with Crippen LogP contribution < -0.4 is 0 Å². The van der Waals surface area contributed by atoms with Crippen LogP contribution in [0.25, 0.3) is 0 Å². The Hall–Kier alpha value is -2.33. The highest BCUT2D eigenvalue weighted by atomic mass is 16.6. The van der Waals surface area contributed by atoms with E-state index in [0.29, 0.717) is 5.57 Å². The van der Waals surface area contributed by atoms with E-state index in [1.54, 1.807) is 19.9 Å². The topological polar surface area (TPSA) is 162 Å². The van der Waals surface area contributed by atoms with Gasteiger partial charge in [-0.25, -0.2) is 9.59 Å². The summed E-state index contributed by atoms with van der Waals surface area (Å²) < 4.78 is 4.91. The Bertz CT molecular complexity index is 796. The van der Waals surface area contributed by atoms with Gasteiger partial charge in [0.25, 0.3) is 0 Å². The van der Waals surface area contributed by atoms with Crippen LogP contribution in [-0.2, 0) is 19.1 Å². The van der Waals surface area contributed by atoms with Crippen LogP contribution in [0.1, 0.15) is 54.9 Å². The molecule has 0 aliphatic rings. The van der Waals surface area contributed by atoms with Gasteiger partial charge in [-0.15, -0.1) is 0 Å². The molecule has 0 unspecified atom stereocenters. The van der Waals surface area contributed by atoms with Gasteiger partial charge in [0.1, 0.15) is 6.10 Å². The van der Waals surface area contributed by atoms with Crippen molar-refractivity contribution in [3.05, 3.63) is 34.9 Å². The van der Waals surface area contributed by atoms with Crippen LogP contribution in [0, 0.1) is 17.8 Å². The van der Waals surface area contributed by atoms with Crippen LogP contribution in [0.4, 0.5) is 0 Å². The number of esters is 1. The summed E-state index contributed by atoms with van der Waals surface area (Å²) in [6.07, 6.45) is -0.575. The third kappa shape index (κ3) is 9.89. The Balaban J connectivity index is 5.33. The number of rotatable bonds is 14. The first kappa shape index (κ1) is 31.7. The molecule has 0 rings (SSSR count). The van der Waals surface area contributed by atoms with Crippen molar-refractivity contribution < 1.29 is 44.7 Å². The lowest BCUT2D eigenvalue weighted by Crippen LogP contribution is -2.46. The van der Waals surface area contributed by atoms with Gasteiger partial charge in [-0.1, -0.05) is 57.9 Å². The zero-order valence-corrected chi connectivity index (χ0v) is 21.1. The van der Waals surface area contributed by atoms with E-state index in [-0.39, 0.29) is 23.2 Å². The minimum atomic E-state index is -2.24. The van der Waals surface area contributed by atoms with E-state index in [1.165, 1.54) is 13.0 Å². The van der Waals surface area contributed by atoms with Crippen LogP contribution in [-0.4, -0.2) is 74.3 Å². The summed E-state index contributed by atoms with van der Waals surface area (Å²) >= 11 is 0. The van der Waals surface area contributed by atoms with Gasteiger partial charge in [-0.2, -0.15) is 0 Å². The monoisotopic (exact) mass is 484 g/mol. The number of hydrogen-bond acceptors (Lipinski definition) is 8. The van der Waals surface area contributed by atoms with Crippen molar-refractivity contribution in [1.29, 1.82) is 0 Å². The highest BCUT2D eigenvalue weighted by molar-refractivity contribution is 5.99. The molecule has 9 nitrogen and oxygen atoms in total. The quantitative estimate of drug-likeness (QED) is 0.141. The summed E-state index contributed by atoms with van der Waals surface area (Å²) in [4.78, 5) is 35.8. The number of carbonyl (C=O) groups is 3. The third-order valence-corrected chi connectivity index (χ3v) is 5.76. The number of allylic oxidation sites excluding steroid dienone is 4. The highest BCUT2D eigenvalue weighted by Gasteiger charge is 2.33. The lowest BCUT2D eigenvalue weighted by Gasteiger charge is -2.23. The molecule has 0 aliphatic heterocycles. The Morgan fingerprint density at radius 1 is 0.912 bits per heavy atom. The molecular formula is C25H40O9. The summed E-state index contributed by atoms with van der Waals surface area (Å²) in [6.45, 7) is 11.5. The average molecular weight is 485 g/mol. The fourth-order valence-electron chi connectivity index (χ4n) is 3.41. The van der Waals surface area contributed by atoms with E-state index >= 15 is 0 Å². The zero-order chi connectivity index (χ0) is 26.7. The number of carbonyl (C=O) groups excluding carboxylic acids is 2. The van der Waals surface area contributed by atoms with E-state index < -0.39 is 48.9 Å². The number of aliphatic hydroxyl groups is 4. The molecule has 5 N–H and O–H groups in total. The molecule has 0 radical (unpaired) electrons. The van der Waals surface area contributed by atoms with E-state index in [9.17, 15) is 34.8 Å². The maximum atomic E-state index is 12.7. The molecular weight excluding hydrogens is 444 g/mol. The van der Waals surface area contributed by atoms with Crippen molar-refractivity contribution in [1.82, 2.24) is 0 Å². The molecule has 0 amide bonds. The molecule has 0 saturated heterocycles. The fourth-order valence-corrected chi connectivity index (χ4v) is 3.41. The van der Waals surface area contributed by atoms with E-state index in [1.807, 2.05) is 33.8 Å². The van der Waals surface area contributed by atoms with E-state index in [0.717, 1.165) is 12.0 Å². The Morgan fingerprint density at radius 2 is 1.47 bits per heavy atom. The smallest absolute Gasteiger partial charge is 0.335 e. The molecule has 0 saturated carbocycles. The number of carboxylic acid groups (broad SMARTS) is 1. The van der Waals surface area contributed by atoms with Crippen LogP contribution >= 0.6 is 0 Å². The third-order valence-electron chi connectivity index (χ3n) is 5.76. The molecule has 0 aliphatic carbocycles. The molecule has 0 fully saturated rings. The van der Waals surface area contributed by atoms with Crippen LogP contribution in [0.15, 0.2) is 34.9 Å². The molecule has 34 heavy (non-hydrogen) atoms. The summed E-state index contributed by atoms with van der Waals surface area (Å²) in [5, 5.41) is 47.5. The Kier molecular flexibility index (Phi) is 13.8. The number of carboxylic acids is 1. The lowest BCUT2D eigenvalue weighted by atomic mass is 9.90. The first-order valence-electron chi connectivity index (χ1n) is 11.4. The lowest BCUT2D eigenvalue weighted by molar-refractivity contribution is -0.171. The van der Waals surface area contributed by atoms with Crippen LogP contribution in [0.5, 0.6) is 0 Å². The molecule has 0 aromatic rings. The van der Waals surface area contributed by atoms with Crippen LogP contribution in [0.3, 0.4) is 0 Å². The summed E-state index contributed by atoms with van der Waals surface area (Å²) in [7, 11) is 0. The Morgan fingerprint density at radius 3 is 1.94 bits per heavy atom. The first-order valence-corrected chi connectivity index (χ1v) is 11.4. The number of hydrogen-bond donors (Lipinski definition) is 5. The van der Waals surface area contributed by atoms with Gasteiger partial charge in [0.2, 0.25) is 0 Å². The number of ketones is 1. The number of aliphatic carboxylic acids is 1. The predicted octanol–water partition coefficient (Wildman–Crippen LogP) is 1.78. The van der Waals surface area contributed by atoms with Crippen LogP contribution in [0.2, 0.25) is 0 Å². The highest BCUT2D eigenvalue weighted by Crippen LogP contribution is 2.20. The second-order valence-corrected chi connectivity index (χ2v) is 8.88. The second kappa shape index (κ2) is 14.8. The molecule has 194 valence electrons. The average Bonchev–Trinajstić information content (AvgIpc) is 2.78. The SMILES string of the molecule is CC[C@H](C)[C@@H](O)[C@@H](C)/C=C(C)/C=C(\C)C(=O)[C@H](C)/C=C(\C)C(=O)O[C@H](CO)[C@@H](O)[C@H](O)C(=O)O. The summed E-state index contributed by atoms with van der Waals surface area (Å²) in [5.41, 5.74) is 1.29. The Labute approximate surface area is 201 Å². The molecule has 0 aromatic carbocycles. The van der Waals surface area contributed by atoms with Crippen molar-refractivity contribution in [2.45, 2.75) is 79.3 Å². The van der Waals surface area contributed by atoms with Crippen molar-refractivity contribution in [3.63, 3.8) is 0 Å². The van der Waals surface area contributed by atoms with Gasteiger partial charge in [-0.3, -0.25) is 4.79 Å². The van der Waals surface area contributed by atoms with Crippen molar-refractivity contribution in [2.24, 2.45) is 17.8 Å². The maximum absolute atomic E-state index is 12.7. The summed E-state index contributed by atoms with van der Waals surface area (Å²) in [6, 6.07) is 0. The maximum Gasteiger partial charge on any atom is 0.335 e. The minimum absolute atomic E-state index is 0.0154. The summed E-state index contributed by atoms with van der Waals surface area (Å²) in [5.74, 6) is -3.57. The zero-order valence-electron chi connectivity index (χ0n) is 21.1. The largest absolute Gasteiger partial charge is 0.479 e. The normalized spacial score (nSPS) is 19.4. The molecule has 0 bridgehead atoms. The van der Waals surface area contributed by atoms with Gasteiger partial charge in [-0.05, 0) is 32.3 Å². The minimum Gasteiger partial charge on any atom is -0.479 e. The molecule has 0 aromatic heterocycles. The fraction of sp³-hybridized carbons (Fsp3) is 0.640. The van der Waals surface area contributed by atoms with Gasteiger partial charge in [0.15, 0.2) is 18.0 Å². The van der Waals surface area contributed by atoms with Crippen molar-refractivity contribution in [2.75, 3.05) is 6.61 Å². The molecule has 7 atom stereocenters. The van der Waals surface area contributed by atoms with Gasteiger partial charge >= 0.3 is 11.9 Å². The van der Waals surface area contributed by atoms with Crippen molar-refractivity contribution in [3.8, 4) is 0 Å². The standard InChI is InChI=1S/C25H40O9/c1-8-14(3)20(27)15(4)9-13(2)10-16(5)21(28)17(6)11-18(7)25(33)34-19(12-26)22(29)23(30)24(31)32/h9-11,14-15,17,19-20,22-23,26-27,29-30H,8,12H2,1-7H3,(H,31,32)/b13-9+,16-10+,18-11+/t14-,15-,17+,19+,20+,22+,23-/m0/s1. The molecule has 9 heteroatoms. The van der Waals surface area contributed by atoms with E-state index in [2.05, 4.69) is 0 Å². The van der Waals surface area contributed by atoms with Gasteiger partial charge < -0.3 is 30.3 Å². The predicted molar refractivity (Wildman–Crippen MR) is 127 cm³/mol. The number of aliphatic hydroxyl groups excluding tert-OH is 4. The van der Waals surface area contributed by atoms with Gasteiger partial charge in [0.05, 0.1) is 12.7 Å². The van der Waals surface area contributed by atoms with Gasteiger partial charge in [0, 0.05) is 17.4 Å².